The molecule has 0 unspecified atom stereocenters. The van der Waals surface area contributed by atoms with Crippen LogP contribution in [0.5, 0.6) is 0 Å². The number of aryl methyl sites for hydroxylation is 3. The number of pyridine rings is 1. The topological polar surface area (TPSA) is 96.9 Å². The summed E-state index contributed by atoms with van der Waals surface area (Å²) in [4.78, 5) is 44.6. The van der Waals surface area contributed by atoms with Gasteiger partial charge in [0.05, 0.1) is 10.9 Å². The highest BCUT2D eigenvalue weighted by atomic mass is 16.2. The van der Waals surface area contributed by atoms with Crippen molar-refractivity contribution < 1.29 is 4.79 Å². The number of H-pyrrole nitrogens is 1. The fraction of sp³-hybridized carbons (Fsp3) is 0.333. The van der Waals surface area contributed by atoms with Crippen molar-refractivity contribution in [3.8, 4) is 0 Å². The highest BCUT2D eigenvalue weighted by molar-refractivity contribution is 6.11. The lowest BCUT2D eigenvalue weighted by atomic mass is 10.0. The molecule has 0 aliphatic carbocycles. The molecule has 0 bridgehead atoms. The quantitative estimate of drug-likeness (QED) is 0.727. The number of aromatic nitrogens is 3. The first-order valence-corrected chi connectivity index (χ1v) is 9.28. The first-order valence-electron chi connectivity index (χ1n) is 9.28. The van der Waals surface area contributed by atoms with Crippen molar-refractivity contribution in [2.24, 2.45) is 0 Å². The monoisotopic (exact) mass is 380 g/mol. The summed E-state index contributed by atoms with van der Waals surface area (Å²) < 4.78 is 1.37. The molecule has 2 N–H and O–H groups in total. The molecule has 1 aromatic carbocycles. The third-order valence-electron chi connectivity index (χ3n) is 4.60. The lowest BCUT2D eigenvalue weighted by molar-refractivity contribution is 0.102. The Bertz CT molecular complexity index is 1170. The van der Waals surface area contributed by atoms with E-state index in [1.807, 2.05) is 45.9 Å². The normalized spacial score (nSPS) is 11.2. The molecular formula is C21H24N4O3. The van der Waals surface area contributed by atoms with Gasteiger partial charge in [-0.2, -0.15) is 0 Å². The van der Waals surface area contributed by atoms with Crippen molar-refractivity contribution in [2.45, 2.75) is 47.1 Å². The molecule has 0 fully saturated rings. The molecule has 0 aliphatic rings. The number of hydrogen-bond acceptors (Lipinski definition) is 4. The number of carbonyl (C=O) groups is 1. The molecule has 0 spiro atoms. The maximum atomic E-state index is 13.1. The van der Waals surface area contributed by atoms with E-state index in [2.05, 4.69) is 15.3 Å². The molecule has 146 valence electrons. The summed E-state index contributed by atoms with van der Waals surface area (Å²) in [6.07, 6.45) is 0. The minimum atomic E-state index is -0.613. The number of nitrogens with zero attached hydrogens (tertiary/aromatic N) is 2. The molecule has 28 heavy (non-hydrogen) atoms. The minimum Gasteiger partial charge on any atom is -0.322 e. The van der Waals surface area contributed by atoms with Gasteiger partial charge in [0.25, 0.3) is 11.5 Å². The predicted molar refractivity (Wildman–Crippen MR) is 110 cm³/mol. The maximum Gasteiger partial charge on any atom is 0.329 e. The van der Waals surface area contributed by atoms with Crippen LogP contribution in [0.25, 0.3) is 11.0 Å². The number of amides is 1. The van der Waals surface area contributed by atoms with Gasteiger partial charge in [-0.3, -0.25) is 19.1 Å². The molecule has 7 nitrogen and oxygen atoms in total. The van der Waals surface area contributed by atoms with Crippen LogP contribution >= 0.6 is 0 Å². The zero-order chi connectivity index (χ0) is 20.6. The van der Waals surface area contributed by atoms with Crippen LogP contribution in [0.1, 0.15) is 53.9 Å². The molecule has 3 rings (SSSR count). The van der Waals surface area contributed by atoms with Crippen LogP contribution in [0.3, 0.4) is 0 Å². The predicted octanol–water partition coefficient (Wildman–Crippen LogP) is 3.10. The average Bonchev–Trinajstić information content (AvgIpc) is 2.59. The fourth-order valence-corrected chi connectivity index (χ4v) is 3.31. The lowest BCUT2D eigenvalue weighted by Gasteiger charge is -2.14. The van der Waals surface area contributed by atoms with Crippen molar-refractivity contribution in [3.05, 3.63) is 67.5 Å². The largest absolute Gasteiger partial charge is 0.329 e. The summed E-state index contributed by atoms with van der Waals surface area (Å²) in [7, 11) is 0. The zero-order valence-electron chi connectivity index (χ0n) is 16.7. The van der Waals surface area contributed by atoms with Gasteiger partial charge >= 0.3 is 5.69 Å². The van der Waals surface area contributed by atoms with E-state index in [4.69, 9.17) is 0 Å². The van der Waals surface area contributed by atoms with Gasteiger partial charge in [0.2, 0.25) is 0 Å². The van der Waals surface area contributed by atoms with Crippen LogP contribution in [0, 0.1) is 13.8 Å². The van der Waals surface area contributed by atoms with Gasteiger partial charge in [-0.05, 0) is 56.0 Å². The van der Waals surface area contributed by atoms with Gasteiger partial charge in [0.15, 0.2) is 5.65 Å². The molecule has 2 heterocycles. The van der Waals surface area contributed by atoms with Crippen molar-refractivity contribution in [1.82, 2.24) is 14.5 Å². The third kappa shape index (κ3) is 3.60. The van der Waals surface area contributed by atoms with Crippen molar-refractivity contribution in [3.63, 3.8) is 0 Å². The molecular weight excluding hydrogens is 356 g/mol. The smallest absolute Gasteiger partial charge is 0.322 e. The molecule has 1 amide bonds. The summed E-state index contributed by atoms with van der Waals surface area (Å²) in [5, 5.41) is 2.99. The maximum absolute atomic E-state index is 13.1. The Kier molecular flexibility index (Phi) is 5.18. The minimum absolute atomic E-state index is 0.0249. The number of benzene rings is 1. The van der Waals surface area contributed by atoms with Crippen molar-refractivity contribution in [2.75, 3.05) is 5.32 Å². The number of anilines is 1. The Morgan fingerprint density at radius 3 is 2.36 bits per heavy atom. The molecule has 0 aliphatic heterocycles. The van der Waals surface area contributed by atoms with Crippen LogP contribution in [0.2, 0.25) is 0 Å². The number of carbonyl (C=O) groups excluding carboxylic acids is 1. The Hall–Kier alpha value is -3.22. The Morgan fingerprint density at radius 2 is 1.79 bits per heavy atom. The third-order valence-corrected chi connectivity index (χ3v) is 4.60. The van der Waals surface area contributed by atoms with Crippen LogP contribution in [0.15, 0.2) is 33.9 Å². The van der Waals surface area contributed by atoms with Gasteiger partial charge in [-0.25, -0.2) is 9.78 Å². The van der Waals surface area contributed by atoms with E-state index in [0.29, 0.717) is 17.9 Å². The second-order valence-electron chi connectivity index (χ2n) is 7.28. The summed E-state index contributed by atoms with van der Waals surface area (Å²) in [6, 6.07) is 7.37. The van der Waals surface area contributed by atoms with E-state index >= 15 is 0 Å². The summed E-state index contributed by atoms with van der Waals surface area (Å²) in [5.74, 6) is -0.386. The van der Waals surface area contributed by atoms with E-state index < -0.39 is 17.2 Å². The summed E-state index contributed by atoms with van der Waals surface area (Å²) >= 11 is 0. The van der Waals surface area contributed by atoms with Crippen LogP contribution in [-0.4, -0.2) is 20.4 Å². The first kappa shape index (κ1) is 19.5. The van der Waals surface area contributed by atoms with E-state index in [0.717, 1.165) is 11.1 Å². The van der Waals surface area contributed by atoms with E-state index in [9.17, 15) is 14.4 Å². The van der Waals surface area contributed by atoms with Gasteiger partial charge < -0.3 is 5.32 Å². The molecule has 3 aromatic rings. The van der Waals surface area contributed by atoms with Gasteiger partial charge in [-0.15, -0.1) is 0 Å². The van der Waals surface area contributed by atoms with Crippen LogP contribution in [-0.2, 0) is 6.54 Å². The molecule has 0 saturated heterocycles. The summed E-state index contributed by atoms with van der Waals surface area (Å²) in [5.41, 5.74) is 2.63. The van der Waals surface area contributed by atoms with Crippen LogP contribution < -0.4 is 16.6 Å². The first-order chi connectivity index (χ1) is 13.2. The summed E-state index contributed by atoms with van der Waals surface area (Å²) in [6.45, 7) is 9.91. The Labute approximate surface area is 162 Å². The number of fused-ring (bicyclic) bond motifs is 1. The highest BCUT2D eigenvalue weighted by Gasteiger charge is 2.20. The van der Waals surface area contributed by atoms with Crippen LogP contribution in [0.4, 0.5) is 5.69 Å². The lowest BCUT2D eigenvalue weighted by Crippen LogP contribution is -2.32. The van der Waals surface area contributed by atoms with E-state index in [1.165, 1.54) is 4.57 Å². The molecule has 7 heteroatoms. The fourth-order valence-electron chi connectivity index (χ4n) is 3.31. The van der Waals surface area contributed by atoms with Gasteiger partial charge in [0, 0.05) is 17.9 Å². The second-order valence-corrected chi connectivity index (χ2v) is 7.28. The highest BCUT2D eigenvalue weighted by Crippen LogP contribution is 2.21. The van der Waals surface area contributed by atoms with Gasteiger partial charge in [-0.1, -0.05) is 19.9 Å². The van der Waals surface area contributed by atoms with Crippen molar-refractivity contribution >= 4 is 22.6 Å². The molecule has 2 aromatic heterocycles. The standard InChI is InChI=1S/C21H24N4O3/c1-6-25-18-17(20(27)24-21(25)28)15(10-16(23-18)11(2)3)19(26)22-14-8-12(4)7-13(5)9-14/h7-11H,6H2,1-5H3,(H,22,26)(H,24,27,28). The van der Waals surface area contributed by atoms with Crippen molar-refractivity contribution in [1.29, 1.82) is 0 Å². The number of rotatable bonds is 4. The zero-order valence-corrected chi connectivity index (χ0v) is 16.7. The SMILES string of the molecule is CCn1c(=O)[nH]c(=O)c2c(C(=O)Nc3cc(C)cc(C)c3)cc(C(C)C)nc21. The number of nitrogens with one attached hydrogen (secondary N) is 2. The van der Waals surface area contributed by atoms with E-state index in [1.54, 1.807) is 13.0 Å². The molecule has 0 atom stereocenters. The second kappa shape index (κ2) is 7.42. The number of hydrogen-bond donors (Lipinski definition) is 2. The van der Waals surface area contributed by atoms with Gasteiger partial charge in [0.1, 0.15) is 0 Å². The van der Waals surface area contributed by atoms with E-state index in [-0.39, 0.29) is 22.5 Å². The molecule has 0 radical (unpaired) electrons. The average molecular weight is 380 g/mol. The molecule has 0 saturated carbocycles. The Balaban J connectivity index is 2.25. The number of aromatic amines is 1. The Morgan fingerprint density at radius 1 is 1.14 bits per heavy atom.